The van der Waals surface area contributed by atoms with Crippen molar-refractivity contribution in [3.8, 4) is 6.07 Å². The van der Waals surface area contributed by atoms with Crippen LogP contribution in [0.5, 0.6) is 0 Å². The van der Waals surface area contributed by atoms with Gasteiger partial charge in [-0.2, -0.15) is 18.4 Å². The molecule has 0 radical (unpaired) electrons. The third-order valence-corrected chi connectivity index (χ3v) is 7.15. The maximum Gasteiger partial charge on any atom is 0.471 e. The topological polar surface area (TPSA) is 135 Å². The van der Waals surface area contributed by atoms with Gasteiger partial charge in [-0.1, -0.05) is 33.6 Å². The zero-order chi connectivity index (χ0) is 28.3. The van der Waals surface area contributed by atoms with Gasteiger partial charge in [-0.05, 0) is 50.9 Å². The average molecular weight is 532 g/mol. The first-order chi connectivity index (χ1) is 16.9. The van der Waals surface area contributed by atoms with Gasteiger partial charge in [0.15, 0.2) is 0 Å². The molecule has 5 unspecified atom stereocenters. The number of aliphatic hydroxyl groups is 1. The molecule has 12 heteroatoms. The van der Waals surface area contributed by atoms with Gasteiger partial charge in [-0.15, -0.1) is 0 Å². The van der Waals surface area contributed by atoms with Crippen LogP contribution >= 0.6 is 0 Å². The molecule has 0 aromatic rings. The van der Waals surface area contributed by atoms with Gasteiger partial charge in [0.05, 0.1) is 6.07 Å². The Balaban J connectivity index is 2.16. The predicted octanol–water partition coefficient (Wildman–Crippen LogP) is 2.20. The summed E-state index contributed by atoms with van der Waals surface area (Å²) in [6.45, 7) is 8.49. The molecule has 2 rings (SSSR count). The minimum atomic E-state index is -5.17. The summed E-state index contributed by atoms with van der Waals surface area (Å²) in [5.41, 5.74) is -1.31. The number of amides is 3. The average Bonchev–Trinajstić information content (AvgIpc) is 3.58. The van der Waals surface area contributed by atoms with Crippen LogP contribution in [0.1, 0.15) is 73.1 Å². The molecular weight excluding hydrogens is 491 g/mol. The summed E-state index contributed by atoms with van der Waals surface area (Å²) in [5, 5.41) is 27.7. The maximum absolute atomic E-state index is 13.3. The van der Waals surface area contributed by atoms with E-state index < -0.39 is 53.7 Å². The number of halogens is 3. The van der Waals surface area contributed by atoms with Crippen molar-refractivity contribution in [2.24, 2.45) is 17.3 Å². The first-order valence-electron chi connectivity index (χ1n) is 12.7. The summed E-state index contributed by atoms with van der Waals surface area (Å²) in [6.07, 6.45) is -2.36. The fourth-order valence-corrected chi connectivity index (χ4v) is 4.58. The number of hydrogen-bond acceptors (Lipinski definition) is 6. The Morgan fingerprint density at radius 2 is 1.73 bits per heavy atom. The number of carbonyl (C=O) groups excluding carboxylic acids is 3. The first-order valence-corrected chi connectivity index (χ1v) is 12.7. The van der Waals surface area contributed by atoms with E-state index in [0.717, 1.165) is 24.2 Å². The lowest BCUT2D eigenvalue weighted by atomic mass is 9.82. The Bertz CT molecular complexity index is 892. The van der Waals surface area contributed by atoms with Crippen molar-refractivity contribution in [2.45, 2.75) is 109 Å². The SMILES string of the molecule is CN(C(=O)C(NC(=O)C(F)(F)F)C(C)(C)C)C(CC1CC1)C(=O)NC(C#N)CC1CCC(C)(C)NC1O. The van der Waals surface area contributed by atoms with Crippen LogP contribution in [0.2, 0.25) is 0 Å². The van der Waals surface area contributed by atoms with Crippen LogP contribution in [0.15, 0.2) is 0 Å². The maximum atomic E-state index is 13.3. The molecule has 2 fully saturated rings. The van der Waals surface area contributed by atoms with Crippen molar-refractivity contribution >= 4 is 17.7 Å². The van der Waals surface area contributed by atoms with E-state index in [-0.39, 0.29) is 30.2 Å². The van der Waals surface area contributed by atoms with Crippen LogP contribution in [0.3, 0.4) is 0 Å². The molecule has 4 N–H and O–H groups in total. The van der Waals surface area contributed by atoms with E-state index in [1.807, 2.05) is 19.9 Å². The fraction of sp³-hybridized carbons (Fsp3) is 0.840. The van der Waals surface area contributed by atoms with Crippen LogP contribution in [0.4, 0.5) is 13.2 Å². The molecule has 37 heavy (non-hydrogen) atoms. The van der Waals surface area contributed by atoms with Crippen LogP contribution in [-0.2, 0) is 14.4 Å². The Hall–Kier alpha value is -2.39. The molecule has 0 aromatic carbocycles. The number of nitriles is 1. The van der Waals surface area contributed by atoms with Gasteiger partial charge in [0.1, 0.15) is 24.4 Å². The highest BCUT2D eigenvalue weighted by Crippen LogP contribution is 2.35. The van der Waals surface area contributed by atoms with Gasteiger partial charge < -0.3 is 20.6 Å². The third-order valence-electron chi connectivity index (χ3n) is 7.15. The molecule has 1 aliphatic carbocycles. The molecular formula is C25H40F3N5O4. The lowest BCUT2D eigenvalue weighted by molar-refractivity contribution is -0.176. The molecule has 0 spiro atoms. The summed E-state index contributed by atoms with van der Waals surface area (Å²) < 4.78 is 38.8. The zero-order valence-corrected chi connectivity index (χ0v) is 22.4. The molecule has 9 nitrogen and oxygen atoms in total. The third kappa shape index (κ3) is 8.85. The number of hydrogen-bond donors (Lipinski definition) is 4. The van der Waals surface area contributed by atoms with Gasteiger partial charge in [-0.3, -0.25) is 19.7 Å². The van der Waals surface area contributed by atoms with Gasteiger partial charge >= 0.3 is 12.1 Å². The van der Waals surface area contributed by atoms with Gasteiger partial charge in [-0.25, -0.2) is 0 Å². The van der Waals surface area contributed by atoms with Crippen LogP contribution in [-0.4, -0.2) is 70.8 Å². The number of nitrogens with one attached hydrogen (secondary N) is 3. The van der Waals surface area contributed by atoms with E-state index in [2.05, 4.69) is 10.6 Å². The van der Waals surface area contributed by atoms with Crippen LogP contribution < -0.4 is 16.0 Å². The number of carbonyl (C=O) groups is 3. The highest BCUT2D eigenvalue weighted by Gasteiger charge is 2.46. The zero-order valence-electron chi connectivity index (χ0n) is 22.4. The summed E-state index contributed by atoms with van der Waals surface area (Å²) in [7, 11) is 1.33. The largest absolute Gasteiger partial charge is 0.471 e. The van der Waals surface area contributed by atoms with E-state index >= 15 is 0 Å². The number of rotatable bonds is 9. The Labute approximate surface area is 216 Å². The second-order valence-corrected chi connectivity index (χ2v) is 12.1. The van der Waals surface area contributed by atoms with E-state index in [1.54, 1.807) is 5.32 Å². The Kier molecular flexibility index (Phi) is 9.63. The van der Waals surface area contributed by atoms with E-state index in [9.17, 15) is 37.9 Å². The van der Waals surface area contributed by atoms with Gasteiger partial charge in [0, 0.05) is 18.5 Å². The lowest BCUT2D eigenvalue weighted by Gasteiger charge is -2.40. The summed E-state index contributed by atoms with van der Waals surface area (Å²) >= 11 is 0. The van der Waals surface area contributed by atoms with Gasteiger partial charge in [0.2, 0.25) is 11.8 Å². The Morgan fingerprint density at radius 1 is 1.14 bits per heavy atom. The molecule has 3 amide bonds. The number of nitrogens with zero attached hydrogens (tertiary/aromatic N) is 2. The molecule has 1 saturated carbocycles. The summed E-state index contributed by atoms with van der Waals surface area (Å²) in [6, 6.07) is -1.44. The highest BCUT2D eigenvalue weighted by molar-refractivity contribution is 5.93. The number of aliphatic hydroxyl groups excluding tert-OH is 1. The van der Waals surface area contributed by atoms with Gasteiger partial charge in [0.25, 0.3) is 0 Å². The molecule has 0 aromatic heterocycles. The van der Waals surface area contributed by atoms with Crippen molar-refractivity contribution in [3.63, 3.8) is 0 Å². The van der Waals surface area contributed by atoms with Crippen LogP contribution in [0.25, 0.3) is 0 Å². The molecule has 2 aliphatic rings. The predicted molar refractivity (Wildman–Crippen MR) is 129 cm³/mol. The Morgan fingerprint density at radius 3 is 2.19 bits per heavy atom. The minimum Gasteiger partial charge on any atom is -0.378 e. The summed E-state index contributed by atoms with van der Waals surface area (Å²) in [4.78, 5) is 39.3. The monoisotopic (exact) mass is 531 g/mol. The second kappa shape index (κ2) is 11.6. The van der Waals surface area contributed by atoms with E-state index in [0.29, 0.717) is 6.42 Å². The fourth-order valence-electron chi connectivity index (χ4n) is 4.58. The smallest absolute Gasteiger partial charge is 0.378 e. The molecule has 210 valence electrons. The van der Waals surface area contributed by atoms with E-state index in [1.165, 1.54) is 27.8 Å². The van der Waals surface area contributed by atoms with Crippen molar-refractivity contribution in [1.82, 2.24) is 20.9 Å². The highest BCUT2D eigenvalue weighted by atomic mass is 19.4. The number of likely N-dealkylation sites (N-methyl/N-ethyl adjacent to an activating group) is 1. The number of alkyl halides is 3. The lowest BCUT2D eigenvalue weighted by Crippen LogP contribution is -2.60. The minimum absolute atomic E-state index is 0.177. The van der Waals surface area contributed by atoms with Crippen molar-refractivity contribution in [3.05, 3.63) is 0 Å². The first kappa shape index (κ1) is 30.8. The summed E-state index contributed by atoms with van der Waals surface area (Å²) in [5.74, 6) is -3.74. The normalized spacial score (nSPS) is 24.2. The quantitative estimate of drug-likeness (QED) is 0.360. The van der Waals surface area contributed by atoms with Crippen molar-refractivity contribution in [2.75, 3.05) is 7.05 Å². The molecule has 5 atom stereocenters. The molecule has 1 saturated heterocycles. The van der Waals surface area contributed by atoms with E-state index in [4.69, 9.17) is 0 Å². The molecule has 1 heterocycles. The van der Waals surface area contributed by atoms with Crippen molar-refractivity contribution < 1.29 is 32.7 Å². The van der Waals surface area contributed by atoms with Crippen LogP contribution in [0, 0.1) is 28.6 Å². The van der Waals surface area contributed by atoms with Crippen molar-refractivity contribution in [1.29, 1.82) is 5.26 Å². The standard InChI is InChI=1S/C25H40F3N5O4/c1-23(2,3)18(31-22(37)25(26,27)28)21(36)33(6)17(11-14-7-8-14)20(35)30-16(13-29)12-15-9-10-24(4,5)32-19(15)34/h14-19,32,34H,7-12H2,1-6H3,(H,30,35)(H,31,37). The number of piperidine rings is 1. The molecule has 0 bridgehead atoms. The molecule has 1 aliphatic heterocycles. The second-order valence-electron chi connectivity index (χ2n) is 12.1.